The van der Waals surface area contributed by atoms with E-state index in [0.29, 0.717) is 0 Å². The lowest BCUT2D eigenvalue weighted by Crippen LogP contribution is -2.40. The minimum Gasteiger partial charge on any atom is -0.381 e. The quantitative estimate of drug-likeness (QED) is 0.794. The van der Waals surface area contributed by atoms with Crippen LogP contribution in [0.3, 0.4) is 0 Å². The first-order valence-corrected chi connectivity index (χ1v) is 8.03. The molecule has 0 saturated carbocycles. The van der Waals surface area contributed by atoms with Crippen molar-refractivity contribution in [3.05, 3.63) is 41.5 Å². The lowest BCUT2D eigenvalue weighted by molar-refractivity contribution is -0.123. The van der Waals surface area contributed by atoms with Crippen molar-refractivity contribution < 1.29 is 4.79 Å². The predicted octanol–water partition coefficient (Wildman–Crippen LogP) is 2.76. The number of piperidine rings is 1. The maximum atomic E-state index is 11.4. The van der Waals surface area contributed by atoms with E-state index in [9.17, 15) is 4.79 Å². The number of likely N-dealkylation sites (tertiary alicyclic amines) is 1. The number of anilines is 1. The monoisotopic (exact) mass is 301 g/mol. The first-order valence-electron chi connectivity index (χ1n) is 8.03. The van der Waals surface area contributed by atoms with Gasteiger partial charge in [0, 0.05) is 25.3 Å². The highest BCUT2D eigenvalue weighted by atomic mass is 16.1. The number of hydrogen-bond acceptors (Lipinski definition) is 3. The Labute approximate surface area is 133 Å². The molecule has 1 aromatic rings. The third-order valence-electron chi connectivity index (χ3n) is 4.12. The predicted molar refractivity (Wildman–Crippen MR) is 91.6 cm³/mol. The van der Waals surface area contributed by atoms with Crippen LogP contribution in [0.2, 0.25) is 0 Å². The number of nitrogens with one attached hydrogen (secondary N) is 1. The highest BCUT2D eigenvalue weighted by Crippen LogP contribution is 2.22. The second-order valence-corrected chi connectivity index (χ2v) is 6.30. The van der Waals surface area contributed by atoms with Gasteiger partial charge in [0.1, 0.15) is 0 Å². The van der Waals surface area contributed by atoms with Gasteiger partial charge >= 0.3 is 0 Å². The van der Waals surface area contributed by atoms with Crippen molar-refractivity contribution in [2.45, 2.75) is 33.2 Å². The second-order valence-electron chi connectivity index (χ2n) is 6.30. The van der Waals surface area contributed by atoms with Crippen LogP contribution < -0.4 is 11.1 Å². The summed E-state index contributed by atoms with van der Waals surface area (Å²) in [6, 6.07) is 8.39. The third-order valence-corrected chi connectivity index (χ3v) is 4.12. The Bertz CT molecular complexity index is 535. The number of rotatable bonds is 6. The van der Waals surface area contributed by atoms with Gasteiger partial charge < -0.3 is 11.1 Å². The van der Waals surface area contributed by atoms with Crippen LogP contribution in [0.15, 0.2) is 35.9 Å². The zero-order valence-electron chi connectivity index (χ0n) is 13.6. The first kappa shape index (κ1) is 16.6. The summed E-state index contributed by atoms with van der Waals surface area (Å²) >= 11 is 0. The smallest absolute Gasteiger partial charge is 0.221 e. The zero-order valence-corrected chi connectivity index (χ0v) is 13.6. The molecule has 0 aliphatic carbocycles. The first-order chi connectivity index (χ1) is 10.6. The highest BCUT2D eigenvalue weighted by molar-refractivity contribution is 5.76. The second kappa shape index (κ2) is 7.99. The molecule has 120 valence electrons. The van der Waals surface area contributed by atoms with Crippen LogP contribution in [0.1, 0.15) is 32.3 Å². The number of nitrogens with zero attached hydrogens (tertiary/aromatic N) is 1. The lowest BCUT2D eigenvalue weighted by atomic mass is 9.97. The van der Waals surface area contributed by atoms with E-state index >= 15 is 0 Å². The maximum Gasteiger partial charge on any atom is 0.221 e. The Kier molecular flexibility index (Phi) is 6.01. The largest absolute Gasteiger partial charge is 0.381 e. The molecule has 1 aliphatic rings. The van der Waals surface area contributed by atoms with E-state index in [4.69, 9.17) is 5.73 Å². The fourth-order valence-corrected chi connectivity index (χ4v) is 2.87. The van der Waals surface area contributed by atoms with Gasteiger partial charge in [-0.25, -0.2) is 0 Å². The Morgan fingerprint density at radius 1 is 1.41 bits per heavy atom. The molecule has 1 saturated heterocycles. The fraction of sp³-hybridized carbons (Fsp3) is 0.500. The Morgan fingerprint density at radius 2 is 2.18 bits per heavy atom. The van der Waals surface area contributed by atoms with E-state index in [0.717, 1.165) is 39.0 Å². The van der Waals surface area contributed by atoms with Crippen molar-refractivity contribution in [2.75, 3.05) is 25.0 Å². The van der Waals surface area contributed by atoms with Gasteiger partial charge in [-0.15, -0.1) is 0 Å². The van der Waals surface area contributed by atoms with Gasteiger partial charge in [-0.3, -0.25) is 9.69 Å². The number of carbonyl (C=O) groups is 1. The van der Waals surface area contributed by atoms with Crippen LogP contribution in [0.25, 0.3) is 0 Å². The molecule has 1 fully saturated rings. The van der Waals surface area contributed by atoms with E-state index in [-0.39, 0.29) is 11.8 Å². The Morgan fingerprint density at radius 3 is 2.91 bits per heavy atom. The molecule has 4 nitrogen and oxygen atoms in total. The molecule has 1 aromatic carbocycles. The molecule has 0 aromatic heterocycles. The van der Waals surface area contributed by atoms with Crippen molar-refractivity contribution in [3.8, 4) is 0 Å². The number of hydrogen-bond donors (Lipinski definition) is 2. The average Bonchev–Trinajstić information content (AvgIpc) is 2.49. The van der Waals surface area contributed by atoms with Gasteiger partial charge in [-0.1, -0.05) is 29.8 Å². The van der Waals surface area contributed by atoms with Crippen molar-refractivity contribution in [2.24, 2.45) is 11.7 Å². The molecule has 0 bridgehead atoms. The normalized spacial score (nSPS) is 18.7. The summed E-state index contributed by atoms with van der Waals surface area (Å²) in [5.41, 5.74) is 9.21. The van der Waals surface area contributed by atoms with Crippen molar-refractivity contribution in [3.63, 3.8) is 0 Å². The lowest BCUT2D eigenvalue weighted by Gasteiger charge is -2.31. The fourth-order valence-electron chi connectivity index (χ4n) is 2.87. The number of nitrogens with two attached hydrogens (primary N) is 1. The molecule has 0 unspecified atom stereocenters. The highest BCUT2D eigenvalue weighted by Gasteiger charge is 2.24. The molecule has 0 radical (unpaired) electrons. The molecule has 4 heteroatoms. The minimum absolute atomic E-state index is 0.000421. The van der Waals surface area contributed by atoms with Gasteiger partial charge in [0.05, 0.1) is 5.92 Å². The number of primary amides is 1. The van der Waals surface area contributed by atoms with Gasteiger partial charge in [0.15, 0.2) is 0 Å². The summed E-state index contributed by atoms with van der Waals surface area (Å²) in [6.45, 7) is 7.71. The Balaban J connectivity index is 1.99. The van der Waals surface area contributed by atoms with Gasteiger partial charge in [0.25, 0.3) is 0 Å². The summed E-state index contributed by atoms with van der Waals surface area (Å²) in [5, 5.41) is 3.47. The molecule has 22 heavy (non-hydrogen) atoms. The van der Waals surface area contributed by atoms with Crippen molar-refractivity contribution >= 4 is 11.6 Å². The van der Waals surface area contributed by atoms with Crippen LogP contribution in [-0.2, 0) is 11.3 Å². The van der Waals surface area contributed by atoms with E-state index in [1.54, 1.807) is 0 Å². The molecule has 0 spiro atoms. The van der Waals surface area contributed by atoms with Crippen molar-refractivity contribution in [1.82, 2.24) is 4.90 Å². The number of allylic oxidation sites excluding steroid dienone is 1. The number of carbonyl (C=O) groups excluding carboxylic acids is 1. The molecule has 1 aliphatic heterocycles. The molecular weight excluding hydrogens is 274 g/mol. The third kappa shape index (κ3) is 4.88. The van der Waals surface area contributed by atoms with Crippen LogP contribution in [-0.4, -0.2) is 30.4 Å². The minimum atomic E-state index is -0.167. The van der Waals surface area contributed by atoms with Crippen molar-refractivity contribution in [1.29, 1.82) is 0 Å². The maximum absolute atomic E-state index is 11.4. The molecule has 3 N–H and O–H groups in total. The summed E-state index contributed by atoms with van der Waals surface area (Å²) in [4.78, 5) is 13.7. The van der Waals surface area contributed by atoms with Crippen LogP contribution in [0.5, 0.6) is 0 Å². The summed E-state index contributed by atoms with van der Waals surface area (Å²) in [5.74, 6) is -0.167. The molecular formula is C18H27N3O. The van der Waals surface area contributed by atoms with E-state index in [1.807, 2.05) is 0 Å². The van der Waals surface area contributed by atoms with E-state index in [1.165, 1.54) is 16.8 Å². The molecule has 2 rings (SSSR count). The van der Waals surface area contributed by atoms with Crippen LogP contribution in [0.4, 0.5) is 5.69 Å². The van der Waals surface area contributed by atoms with E-state index < -0.39 is 0 Å². The molecule has 1 heterocycles. The van der Waals surface area contributed by atoms with E-state index in [2.05, 4.69) is 54.4 Å². The molecule has 1 atom stereocenters. The topological polar surface area (TPSA) is 58.4 Å². The van der Waals surface area contributed by atoms with Gasteiger partial charge in [-0.2, -0.15) is 0 Å². The summed E-state index contributed by atoms with van der Waals surface area (Å²) in [7, 11) is 0. The van der Waals surface area contributed by atoms with Gasteiger partial charge in [-0.05, 0) is 44.9 Å². The number of para-hydroxylation sites is 1. The SMILES string of the molecule is CC(C)=CCNc1ccccc1CN1CCC[C@@H](C(N)=O)C1. The number of amides is 1. The summed E-state index contributed by atoms with van der Waals surface area (Å²) in [6.07, 6.45) is 4.15. The molecule has 1 amide bonds. The van der Waals surface area contributed by atoms with Crippen LogP contribution in [0, 0.1) is 5.92 Å². The standard InChI is InChI=1S/C18H27N3O/c1-14(2)9-10-20-17-8-4-3-6-15(17)12-21-11-5-7-16(13-21)18(19)22/h3-4,6,8-9,16,20H,5,7,10-13H2,1-2H3,(H2,19,22)/t16-/m1/s1. The van der Waals surface area contributed by atoms with Crippen LogP contribution >= 0.6 is 0 Å². The average molecular weight is 301 g/mol. The summed E-state index contributed by atoms with van der Waals surface area (Å²) < 4.78 is 0. The number of benzene rings is 1. The zero-order chi connectivity index (χ0) is 15.9. The Hall–Kier alpha value is -1.81. The van der Waals surface area contributed by atoms with Gasteiger partial charge in [0.2, 0.25) is 5.91 Å².